The molecule has 0 saturated heterocycles. The highest BCUT2D eigenvalue weighted by atomic mass is 32.2. The van der Waals surface area contributed by atoms with Gasteiger partial charge in [0.25, 0.3) is 0 Å². The Morgan fingerprint density at radius 1 is 1.11 bits per heavy atom. The second kappa shape index (κ2) is 5.32. The molecule has 0 amide bonds. The van der Waals surface area contributed by atoms with E-state index in [-0.39, 0.29) is 0 Å². The number of rotatable bonds is 3. The monoisotopic (exact) mass is 273 g/mol. The number of hydrogen-bond acceptors (Lipinski definition) is 5. The quantitative estimate of drug-likeness (QED) is 0.805. The molecule has 1 aromatic carbocycles. The summed E-state index contributed by atoms with van der Waals surface area (Å²) in [5, 5.41) is 0.835. The highest BCUT2D eigenvalue weighted by molar-refractivity contribution is 7.99. The molecular formula is C14H11NO3S. The molecule has 1 aliphatic heterocycles. The van der Waals surface area contributed by atoms with E-state index in [1.54, 1.807) is 12.3 Å². The van der Waals surface area contributed by atoms with Crippen LogP contribution in [-0.4, -0.2) is 24.5 Å². The predicted octanol–water partition coefficient (Wildman–Crippen LogP) is 2.82. The van der Waals surface area contributed by atoms with Gasteiger partial charge in [-0.25, -0.2) is 4.98 Å². The summed E-state index contributed by atoms with van der Waals surface area (Å²) in [6, 6.07) is 9.38. The molecule has 0 bridgehead atoms. The fourth-order valence-electron chi connectivity index (χ4n) is 1.73. The van der Waals surface area contributed by atoms with E-state index in [1.807, 2.05) is 24.3 Å². The van der Waals surface area contributed by atoms with Crippen LogP contribution >= 0.6 is 11.8 Å². The highest BCUT2D eigenvalue weighted by Gasteiger charge is 2.12. The van der Waals surface area contributed by atoms with Crippen molar-refractivity contribution in [2.75, 3.05) is 13.2 Å². The van der Waals surface area contributed by atoms with Gasteiger partial charge in [-0.2, -0.15) is 0 Å². The van der Waals surface area contributed by atoms with E-state index in [4.69, 9.17) is 9.47 Å². The van der Waals surface area contributed by atoms with Gasteiger partial charge in [-0.15, -0.1) is 0 Å². The summed E-state index contributed by atoms with van der Waals surface area (Å²) < 4.78 is 11.0. The number of carbonyl (C=O) groups excluding carboxylic acids is 1. The maximum Gasteiger partial charge on any atom is 0.162 e. The van der Waals surface area contributed by atoms with E-state index in [1.165, 1.54) is 11.8 Å². The minimum atomic E-state index is 0.575. The van der Waals surface area contributed by atoms with Crippen LogP contribution in [0.5, 0.6) is 11.5 Å². The standard InChI is InChI=1S/C14H11NO3S/c16-9-10-1-4-14(15-8-10)19-11-2-3-12-13(7-11)18-6-5-17-12/h1-4,7-9H,5-6H2. The zero-order valence-electron chi connectivity index (χ0n) is 10.0. The number of pyridine rings is 1. The molecule has 96 valence electrons. The van der Waals surface area contributed by atoms with Crippen molar-refractivity contribution < 1.29 is 14.3 Å². The third-order valence-electron chi connectivity index (χ3n) is 2.63. The summed E-state index contributed by atoms with van der Waals surface area (Å²) in [6.45, 7) is 1.17. The molecule has 0 unspecified atom stereocenters. The van der Waals surface area contributed by atoms with Crippen LogP contribution in [0.2, 0.25) is 0 Å². The van der Waals surface area contributed by atoms with Crippen LogP contribution < -0.4 is 9.47 Å². The van der Waals surface area contributed by atoms with E-state index in [9.17, 15) is 4.79 Å². The first-order valence-electron chi connectivity index (χ1n) is 5.84. The molecular weight excluding hydrogens is 262 g/mol. The van der Waals surface area contributed by atoms with Gasteiger partial charge in [0.1, 0.15) is 18.2 Å². The van der Waals surface area contributed by atoms with Gasteiger partial charge in [0.2, 0.25) is 0 Å². The van der Waals surface area contributed by atoms with Crippen molar-refractivity contribution in [3.05, 3.63) is 42.1 Å². The first kappa shape index (κ1) is 12.0. The molecule has 0 spiro atoms. The molecule has 0 N–H and O–H groups in total. The molecule has 4 nitrogen and oxygen atoms in total. The Bertz CT molecular complexity index is 598. The van der Waals surface area contributed by atoms with Gasteiger partial charge in [0.15, 0.2) is 17.8 Å². The number of fused-ring (bicyclic) bond motifs is 1. The van der Waals surface area contributed by atoms with Gasteiger partial charge in [0.05, 0.1) is 0 Å². The van der Waals surface area contributed by atoms with Gasteiger partial charge in [-0.1, -0.05) is 11.8 Å². The summed E-state index contributed by atoms with van der Waals surface area (Å²) in [6.07, 6.45) is 2.35. The minimum Gasteiger partial charge on any atom is -0.486 e. The van der Waals surface area contributed by atoms with Crippen molar-refractivity contribution in [1.29, 1.82) is 0 Å². The molecule has 0 atom stereocenters. The smallest absolute Gasteiger partial charge is 0.162 e. The molecule has 2 heterocycles. The maximum absolute atomic E-state index is 10.6. The largest absolute Gasteiger partial charge is 0.486 e. The lowest BCUT2D eigenvalue weighted by Crippen LogP contribution is -2.15. The summed E-state index contributed by atoms with van der Waals surface area (Å²) in [5.41, 5.74) is 0.575. The molecule has 2 aromatic rings. The van der Waals surface area contributed by atoms with Gasteiger partial charge < -0.3 is 9.47 Å². The number of carbonyl (C=O) groups is 1. The Labute approximate surface area is 114 Å². The van der Waals surface area contributed by atoms with Gasteiger partial charge >= 0.3 is 0 Å². The maximum atomic E-state index is 10.6. The van der Waals surface area contributed by atoms with Crippen LogP contribution in [0.25, 0.3) is 0 Å². The van der Waals surface area contributed by atoms with Crippen LogP contribution in [0.4, 0.5) is 0 Å². The molecule has 19 heavy (non-hydrogen) atoms. The number of ether oxygens (including phenoxy) is 2. The topological polar surface area (TPSA) is 48.4 Å². The van der Waals surface area contributed by atoms with Gasteiger partial charge in [0, 0.05) is 16.7 Å². The summed E-state index contributed by atoms with van der Waals surface area (Å²) >= 11 is 1.52. The number of aromatic nitrogens is 1. The SMILES string of the molecule is O=Cc1ccc(Sc2ccc3c(c2)OCCO3)nc1. The van der Waals surface area contributed by atoms with Crippen molar-refractivity contribution in [3.8, 4) is 11.5 Å². The summed E-state index contributed by atoms with van der Waals surface area (Å²) in [4.78, 5) is 15.8. The van der Waals surface area contributed by atoms with E-state index in [0.29, 0.717) is 18.8 Å². The molecule has 1 aliphatic rings. The zero-order valence-corrected chi connectivity index (χ0v) is 10.9. The normalized spacial score (nSPS) is 13.1. The molecule has 0 radical (unpaired) electrons. The van der Waals surface area contributed by atoms with Crippen molar-refractivity contribution in [2.45, 2.75) is 9.92 Å². The average Bonchev–Trinajstić information content (AvgIpc) is 2.48. The summed E-state index contributed by atoms with van der Waals surface area (Å²) in [7, 11) is 0. The van der Waals surface area contributed by atoms with Crippen LogP contribution in [0.15, 0.2) is 46.5 Å². The molecule has 5 heteroatoms. The number of benzene rings is 1. The zero-order chi connectivity index (χ0) is 13.1. The van der Waals surface area contributed by atoms with Crippen molar-refractivity contribution >= 4 is 18.0 Å². The molecule has 0 fully saturated rings. The summed E-state index contributed by atoms with van der Waals surface area (Å²) in [5.74, 6) is 1.54. The third kappa shape index (κ3) is 2.71. The van der Waals surface area contributed by atoms with Crippen molar-refractivity contribution in [3.63, 3.8) is 0 Å². The number of hydrogen-bond donors (Lipinski definition) is 0. The van der Waals surface area contributed by atoms with Gasteiger partial charge in [-0.05, 0) is 30.3 Å². The van der Waals surface area contributed by atoms with E-state index >= 15 is 0 Å². The molecule has 3 rings (SSSR count). The molecule has 0 aliphatic carbocycles. The number of aldehydes is 1. The van der Waals surface area contributed by atoms with Crippen LogP contribution in [0.3, 0.4) is 0 Å². The lowest BCUT2D eigenvalue weighted by molar-refractivity contribution is 0.112. The minimum absolute atomic E-state index is 0.575. The second-order valence-corrected chi connectivity index (χ2v) is 5.05. The third-order valence-corrected chi connectivity index (χ3v) is 3.57. The van der Waals surface area contributed by atoms with E-state index in [0.717, 1.165) is 27.7 Å². The Balaban J connectivity index is 1.80. The highest BCUT2D eigenvalue weighted by Crippen LogP contribution is 2.36. The predicted molar refractivity (Wildman–Crippen MR) is 71.2 cm³/mol. The van der Waals surface area contributed by atoms with Crippen LogP contribution in [0.1, 0.15) is 10.4 Å². The Morgan fingerprint density at radius 2 is 1.95 bits per heavy atom. The van der Waals surface area contributed by atoms with Crippen molar-refractivity contribution in [2.24, 2.45) is 0 Å². The van der Waals surface area contributed by atoms with Crippen molar-refractivity contribution in [1.82, 2.24) is 4.98 Å². The Morgan fingerprint density at radius 3 is 2.68 bits per heavy atom. The lowest BCUT2D eigenvalue weighted by Gasteiger charge is -2.18. The fraction of sp³-hybridized carbons (Fsp3) is 0.143. The Kier molecular flexibility index (Phi) is 3.37. The van der Waals surface area contributed by atoms with Crippen LogP contribution in [-0.2, 0) is 0 Å². The van der Waals surface area contributed by atoms with E-state index in [2.05, 4.69) is 4.98 Å². The number of nitrogens with zero attached hydrogens (tertiary/aromatic N) is 1. The van der Waals surface area contributed by atoms with Crippen LogP contribution in [0, 0.1) is 0 Å². The van der Waals surface area contributed by atoms with Gasteiger partial charge in [-0.3, -0.25) is 4.79 Å². The molecule has 0 saturated carbocycles. The molecule has 1 aromatic heterocycles. The van der Waals surface area contributed by atoms with E-state index < -0.39 is 0 Å². The second-order valence-electron chi connectivity index (χ2n) is 3.96. The first-order valence-corrected chi connectivity index (χ1v) is 6.65. The first-order chi connectivity index (χ1) is 9.35. The Hall–Kier alpha value is -2.01. The lowest BCUT2D eigenvalue weighted by atomic mass is 10.3. The fourth-order valence-corrected chi connectivity index (χ4v) is 2.51. The average molecular weight is 273 g/mol.